The van der Waals surface area contributed by atoms with Crippen molar-refractivity contribution in [2.24, 2.45) is 0 Å². The average Bonchev–Trinajstić information content (AvgIpc) is 2.69. The van der Waals surface area contributed by atoms with Crippen LogP contribution in [0, 0.1) is 0 Å². The Morgan fingerprint density at radius 1 is 1.59 bits per heavy atom. The monoisotopic (exact) mass is 237 g/mol. The largest absolute Gasteiger partial charge is 0.491 e. The zero-order chi connectivity index (χ0) is 12.5. The summed E-state index contributed by atoms with van der Waals surface area (Å²) in [7, 11) is 0. The topological polar surface area (TPSA) is 78.8 Å². The van der Waals surface area contributed by atoms with Gasteiger partial charge in [-0.15, -0.1) is 0 Å². The van der Waals surface area contributed by atoms with E-state index in [-0.39, 0.29) is 12.6 Å². The predicted octanol–water partition coefficient (Wildman–Crippen LogP) is 0.545. The third kappa shape index (κ3) is 2.40. The van der Waals surface area contributed by atoms with E-state index in [9.17, 15) is 9.90 Å². The first-order valence-corrected chi connectivity index (χ1v) is 5.41. The van der Waals surface area contributed by atoms with Crippen molar-refractivity contribution in [3.05, 3.63) is 29.8 Å². The first kappa shape index (κ1) is 11.9. The molecule has 2 atom stereocenters. The Kier molecular flexibility index (Phi) is 3.04. The zero-order valence-corrected chi connectivity index (χ0v) is 9.51. The van der Waals surface area contributed by atoms with Gasteiger partial charge in [0.25, 0.3) is 0 Å². The lowest BCUT2D eigenvalue weighted by atomic mass is 10.1. The van der Waals surface area contributed by atoms with E-state index < -0.39 is 11.6 Å². The highest BCUT2D eigenvalue weighted by molar-refractivity contribution is 5.76. The summed E-state index contributed by atoms with van der Waals surface area (Å²) in [5, 5.41) is 21.4. The molecule has 0 aromatic heterocycles. The number of ether oxygens (including phenoxy) is 1. The molecule has 0 amide bonds. The van der Waals surface area contributed by atoms with Crippen LogP contribution in [0.15, 0.2) is 24.3 Å². The van der Waals surface area contributed by atoms with Crippen LogP contribution in [0.2, 0.25) is 0 Å². The van der Waals surface area contributed by atoms with Gasteiger partial charge in [0.1, 0.15) is 12.4 Å². The summed E-state index contributed by atoms with van der Waals surface area (Å²) >= 11 is 0. The quantitative estimate of drug-likeness (QED) is 0.712. The van der Waals surface area contributed by atoms with Crippen LogP contribution in [0.5, 0.6) is 5.75 Å². The molecule has 0 saturated carbocycles. The second-order valence-corrected chi connectivity index (χ2v) is 4.36. The Bertz CT molecular complexity index is 430. The van der Waals surface area contributed by atoms with E-state index in [1.165, 1.54) is 6.92 Å². The Hall–Kier alpha value is -1.59. The van der Waals surface area contributed by atoms with Gasteiger partial charge < -0.3 is 20.3 Å². The molecule has 0 bridgehead atoms. The summed E-state index contributed by atoms with van der Waals surface area (Å²) in [6.45, 7) is 1.70. The molecule has 5 nitrogen and oxygen atoms in total. The molecule has 0 saturated heterocycles. The van der Waals surface area contributed by atoms with Crippen LogP contribution in [0.4, 0.5) is 0 Å². The molecule has 0 radical (unpaired) electrons. The van der Waals surface area contributed by atoms with Gasteiger partial charge in [-0.05, 0) is 13.0 Å². The molecule has 0 fully saturated rings. The first-order valence-electron chi connectivity index (χ1n) is 5.41. The minimum atomic E-state index is -1.77. The summed E-state index contributed by atoms with van der Waals surface area (Å²) in [6, 6.07) is 7.51. The van der Waals surface area contributed by atoms with Crippen molar-refractivity contribution in [3.8, 4) is 5.75 Å². The Morgan fingerprint density at radius 2 is 2.29 bits per heavy atom. The molecule has 3 N–H and O–H groups in total. The van der Waals surface area contributed by atoms with Gasteiger partial charge in [0.2, 0.25) is 0 Å². The van der Waals surface area contributed by atoms with Crippen LogP contribution in [0.25, 0.3) is 0 Å². The van der Waals surface area contributed by atoms with Crippen molar-refractivity contribution >= 4 is 5.97 Å². The summed E-state index contributed by atoms with van der Waals surface area (Å²) < 4.78 is 5.45. The van der Waals surface area contributed by atoms with Crippen molar-refractivity contribution in [1.82, 2.24) is 5.32 Å². The van der Waals surface area contributed by atoms with Crippen LogP contribution >= 0.6 is 0 Å². The number of carboxylic acid groups (broad SMARTS) is 1. The molecule has 92 valence electrons. The average molecular weight is 237 g/mol. The maximum absolute atomic E-state index is 10.8. The molecule has 1 aromatic rings. The van der Waals surface area contributed by atoms with Gasteiger partial charge in [-0.2, -0.15) is 0 Å². The molecule has 1 aliphatic heterocycles. The normalized spacial score (nSPS) is 21.4. The number of nitrogens with one attached hydrogen (secondary N) is 1. The van der Waals surface area contributed by atoms with Gasteiger partial charge in [0.05, 0.1) is 6.04 Å². The fourth-order valence-electron chi connectivity index (χ4n) is 1.73. The molecule has 2 rings (SSSR count). The van der Waals surface area contributed by atoms with Crippen LogP contribution in [0.1, 0.15) is 18.5 Å². The lowest BCUT2D eigenvalue weighted by Crippen LogP contribution is -2.46. The number of carbonyl (C=O) groups is 1. The number of aliphatic carboxylic acids is 1. The Morgan fingerprint density at radius 3 is 3.00 bits per heavy atom. The number of carboxylic acids is 1. The number of hydrogen-bond acceptors (Lipinski definition) is 4. The fourth-order valence-corrected chi connectivity index (χ4v) is 1.73. The van der Waals surface area contributed by atoms with Gasteiger partial charge >= 0.3 is 5.97 Å². The van der Waals surface area contributed by atoms with Crippen LogP contribution in [-0.2, 0) is 4.79 Å². The molecule has 5 heteroatoms. The van der Waals surface area contributed by atoms with Gasteiger partial charge in [0, 0.05) is 12.1 Å². The van der Waals surface area contributed by atoms with E-state index >= 15 is 0 Å². The number of fused-ring (bicyclic) bond motifs is 1. The third-order valence-electron chi connectivity index (χ3n) is 2.85. The van der Waals surface area contributed by atoms with Crippen molar-refractivity contribution in [2.45, 2.75) is 18.6 Å². The summed E-state index contributed by atoms with van der Waals surface area (Å²) in [4.78, 5) is 10.8. The number of para-hydroxylation sites is 1. The molecule has 1 aliphatic rings. The Balaban J connectivity index is 2.01. The first-order chi connectivity index (χ1) is 8.00. The van der Waals surface area contributed by atoms with Crippen LogP contribution in [-0.4, -0.2) is 34.9 Å². The molecular weight excluding hydrogens is 222 g/mol. The number of benzene rings is 1. The lowest BCUT2D eigenvalue weighted by Gasteiger charge is -2.21. The van der Waals surface area contributed by atoms with Crippen molar-refractivity contribution in [1.29, 1.82) is 0 Å². The van der Waals surface area contributed by atoms with Crippen LogP contribution in [0.3, 0.4) is 0 Å². The summed E-state index contributed by atoms with van der Waals surface area (Å²) in [6.07, 6.45) is 0. The zero-order valence-electron chi connectivity index (χ0n) is 9.51. The molecule has 1 heterocycles. The second kappa shape index (κ2) is 4.35. The van der Waals surface area contributed by atoms with Crippen molar-refractivity contribution < 1.29 is 19.7 Å². The number of rotatable bonds is 4. The maximum atomic E-state index is 10.8. The number of hydrogen-bond donors (Lipinski definition) is 3. The van der Waals surface area contributed by atoms with E-state index in [1.54, 1.807) is 0 Å². The van der Waals surface area contributed by atoms with E-state index in [0.29, 0.717) is 6.61 Å². The van der Waals surface area contributed by atoms with E-state index in [1.807, 2.05) is 24.3 Å². The van der Waals surface area contributed by atoms with Crippen molar-refractivity contribution in [2.75, 3.05) is 13.2 Å². The molecule has 17 heavy (non-hydrogen) atoms. The predicted molar refractivity (Wildman–Crippen MR) is 60.9 cm³/mol. The minimum Gasteiger partial charge on any atom is -0.491 e. The van der Waals surface area contributed by atoms with Crippen molar-refractivity contribution in [3.63, 3.8) is 0 Å². The maximum Gasteiger partial charge on any atom is 0.336 e. The van der Waals surface area contributed by atoms with E-state index in [0.717, 1.165) is 11.3 Å². The van der Waals surface area contributed by atoms with Crippen LogP contribution < -0.4 is 10.1 Å². The molecule has 2 unspecified atom stereocenters. The fraction of sp³-hybridized carbons (Fsp3) is 0.417. The molecular formula is C12H15NO4. The lowest BCUT2D eigenvalue weighted by molar-refractivity contribution is -0.156. The Labute approximate surface area is 99.0 Å². The molecule has 0 aliphatic carbocycles. The third-order valence-corrected chi connectivity index (χ3v) is 2.85. The molecule has 1 aromatic carbocycles. The SMILES string of the molecule is CC(O)(CNC1COc2ccccc21)C(=O)O. The minimum absolute atomic E-state index is 0.0231. The van der Waals surface area contributed by atoms with E-state index in [4.69, 9.17) is 9.84 Å². The summed E-state index contributed by atoms with van der Waals surface area (Å²) in [5.41, 5.74) is -0.772. The highest BCUT2D eigenvalue weighted by atomic mass is 16.5. The second-order valence-electron chi connectivity index (χ2n) is 4.36. The smallest absolute Gasteiger partial charge is 0.336 e. The van der Waals surface area contributed by atoms with E-state index in [2.05, 4.69) is 5.32 Å². The van der Waals surface area contributed by atoms with Gasteiger partial charge in [-0.3, -0.25) is 0 Å². The summed E-state index contributed by atoms with van der Waals surface area (Å²) in [5.74, 6) is -0.433. The van der Waals surface area contributed by atoms with Gasteiger partial charge in [-0.1, -0.05) is 18.2 Å². The highest BCUT2D eigenvalue weighted by Crippen LogP contribution is 2.31. The number of aliphatic hydroxyl groups is 1. The van der Waals surface area contributed by atoms with Gasteiger partial charge in [0.15, 0.2) is 5.60 Å². The molecule has 0 spiro atoms. The van der Waals surface area contributed by atoms with Gasteiger partial charge in [-0.25, -0.2) is 4.79 Å². The standard InChI is InChI=1S/C12H15NO4/c1-12(16,11(14)15)7-13-9-6-17-10-5-3-2-4-8(9)10/h2-5,9,13,16H,6-7H2,1H3,(H,14,15). The highest BCUT2D eigenvalue weighted by Gasteiger charge is 2.32.